The summed E-state index contributed by atoms with van der Waals surface area (Å²) in [6, 6.07) is 0. The molecule has 0 aromatic carbocycles. The van der Waals surface area contributed by atoms with E-state index in [0.717, 1.165) is 19.3 Å². The number of ether oxygens (including phenoxy) is 1. The fraction of sp³-hybridized carbons (Fsp3) is 0.690. The van der Waals surface area contributed by atoms with E-state index in [-0.39, 0.29) is 47.5 Å². The van der Waals surface area contributed by atoms with E-state index in [4.69, 9.17) is 9.84 Å². The van der Waals surface area contributed by atoms with Gasteiger partial charge in [0.25, 0.3) is 0 Å². The third-order valence-corrected chi connectivity index (χ3v) is 6.92. The Morgan fingerprint density at radius 3 is 1.73 bits per heavy atom. The average Bonchev–Trinajstić information content (AvgIpc) is 2.81. The Balaban J connectivity index is 0. The molecule has 0 fully saturated rings. The first kappa shape index (κ1) is 40.9. The number of aliphatic hydroxyl groups is 1. The van der Waals surface area contributed by atoms with Crippen LogP contribution in [-0.2, 0) is 28.7 Å². The molecule has 0 spiro atoms. The summed E-state index contributed by atoms with van der Waals surface area (Å²) in [5, 5.41) is 46.8. The van der Waals surface area contributed by atoms with E-state index in [9.17, 15) is 44.4 Å². The van der Waals surface area contributed by atoms with Crippen molar-refractivity contribution in [2.75, 3.05) is 0 Å². The number of rotatable bonds is 19. The van der Waals surface area contributed by atoms with Gasteiger partial charge in [0, 0.05) is 5.57 Å². The molecule has 0 saturated carbocycles. The first-order chi connectivity index (χ1) is 18.4. The number of allylic oxidation sites excluding steroid dienone is 3. The summed E-state index contributed by atoms with van der Waals surface area (Å²) in [4.78, 5) is 58.4. The van der Waals surface area contributed by atoms with E-state index in [2.05, 4.69) is 27.7 Å². The summed E-state index contributed by atoms with van der Waals surface area (Å²) in [6.07, 6.45) is 2.20. The molecule has 0 aliphatic rings. The second kappa shape index (κ2) is 19.8. The molecule has 0 aromatic rings. The molecule has 0 aliphatic heterocycles. The van der Waals surface area contributed by atoms with Crippen molar-refractivity contribution >= 4 is 59.4 Å². The van der Waals surface area contributed by atoms with Crippen molar-refractivity contribution in [1.82, 2.24) is 0 Å². The Kier molecular flexibility index (Phi) is 19.8. The van der Waals surface area contributed by atoms with Gasteiger partial charge in [-0.05, 0) is 62.4 Å². The maximum absolute atomic E-state index is 12.6. The van der Waals surface area contributed by atoms with Crippen molar-refractivity contribution in [2.24, 2.45) is 35.5 Å². The average molecular weight is 595 g/mol. The Hall–Kier alpha value is -2.21. The van der Waals surface area contributed by atoms with E-state index >= 15 is 0 Å². The molecule has 0 heterocycles. The molecule has 8 unspecified atom stereocenters. The quantitative estimate of drug-likeness (QED) is 0.0634. The number of esters is 1. The van der Waals surface area contributed by atoms with E-state index in [1.54, 1.807) is 6.92 Å². The van der Waals surface area contributed by atoms with Gasteiger partial charge in [-0.25, -0.2) is 14.4 Å². The molecule has 12 heteroatoms. The standard InChI is InChI=1S/C29H46O11.Na.H/c1-8-15(2)9-16(3)10-17(4)11-18(5)12-19(6)13-21(25(31)32)14-20(7)29(39)40-24(28(37)38)22(26(33)34)23(30)27(35)36;;/h12-13,15-18,20,22-24,30H,8-11,14H2,1-7H3,(H,31,32)(H,33,34)(H,35,36)(H,37,38);;/b19-12+,21-13+;;. The van der Waals surface area contributed by atoms with Gasteiger partial charge in [0.05, 0.1) is 5.92 Å². The molecule has 8 atom stereocenters. The van der Waals surface area contributed by atoms with Crippen LogP contribution in [-0.4, -0.2) is 97.1 Å². The van der Waals surface area contributed by atoms with E-state index in [1.165, 1.54) is 19.4 Å². The fourth-order valence-electron chi connectivity index (χ4n) is 4.93. The summed E-state index contributed by atoms with van der Waals surface area (Å²) in [6.45, 7) is 14.0. The zero-order valence-electron chi connectivity index (χ0n) is 24.5. The molecule has 41 heavy (non-hydrogen) atoms. The van der Waals surface area contributed by atoms with Crippen molar-refractivity contribution in [1.29, 1.82) is 0 Å². The maximum atomic E-state index is 12.6. The second-order valence-corrected chi connectivity index (χ2v) is 11.2. The Bertz CT molecular complexity index is 958. The van der Waals surface area contributed by atoms with E-state index in [0.29, 0.717) is 23.3 Å². The van der Waals surface area contributed by atoms with Gasteiger partial charge in [0.15, 0.2) is 6.10 Å². The third kappa shape index (κ3) is 15.6. The summed E-state index contributed by atoms with van der Waals surface area (Å²) < 4.78 is 4.75. The number of carbonyl (C=O) groups excluding carboxylic acids is 1. The number of aliphatic carboxylic acids is 4. The molecule has 0 saturated heterocycles. The predicted molar refractivity (Wildman–Crippen MR) is 153 cm³/mol. The number of carboxylic acids is 4. The minimum absolute atomic E-state index is 0. The zero-order valence-corrected chi connectivity index (χ0v) is 24.5. The topological polar surface area (TPSA) is 196 Å². The molecule has 230 valence electrons. The molecule has 0 radical (unpaired) electrons. The molecule has 11 nitrogen and oxygen atoms in total. The Morgan fingerprint density at radius 1 is 0.780 bits per heavy atom. The van der Waals surface area contributed by atoms with Crippen molar-refractivity contribution in [2.45, 2.75) is 92.8 Å². The molecule has 0 aromatic heterocycles. The van der Waals surface area contributed by atoms with Crippen LogP contribution in [0.2, 0.25) is 0 Å². The van der Waals surface area contributed by atoms with Crippen LogP contribution in [0.25, 0.3) is 0 Å². The summed E-state index contributed by atoms with van der Waals surface area (Å²) in [5.74, 6) is -10.3. The van der Waals surface area contributed by atoms with Gasteiger partial charge in [-0.3, -0.25) is 9.59 Å². The normalized spacial score (nSPS) is 18.0. The summed E-state index contributed by atoms with van der Waals surface area (Å²) in [5.41, 5.74) is 0.525. The first-order valence-corrected chi connectivity index (χ1v) is 13.6. The predicted octanol–water partition coefficient (Wildman–Crippen LogP) is 3.59. The Morgan fingerprint density at radius 2 is 1.29 bits per heavy atom. The van der Waals surface area contributed by atoms with E-state index in [1.807, 2.05) is 13.0 Å². The Labute approximate surface area is 264 Å². The monoisotopic (exact) mass is 594 g/mol. The van der Waals surface area contributed by atoms with Gasteiger partial charge in [-0.15, -0.1) is 0 Å². The number of aliphatic hydroxyl groups excluding tert-OH is 1. The van der Waals surface area contributed by atoms with Crippen LogP contribution < -0.4 is 0 Å². The molecular weight excluding hydrogens is 547 g/mol. The van der Waals surface area contributed by atoms with Crippen molar-refractivity contribution < 1.29 is 54.2 Å². The van der Waals surface area contributed by atoms with Crippen molar-refractivity contribution in [3.05, 3.63) is 23.3 Å². The summed E-state index contributed by atoms with van der Waals surface area (Å²) in [7, 11) is 0. The molecule has 0 bridgehead atoms. The summed E-state index contributed by atoms with van der Waals surface area (Å²) >= 11 is 0. The fourth-order valence-corrected chi connectivity index (χ4v) is 4.93. The van der Waals surface area contributed by atoms with Crippen molar-refractivity contribution in [3.8, 4) is 0 Å². The molecule has 0 rings (SSSR count). The van der Waals surface area contributed by atoms with Gasteiger partial charge in [-0.2, -0.15) is 0 Å². The number of carboxylic acid groups (broad SMARTS) is 4. The number of hydrogen-bond donors (Lipinski definition) is 5. The van der Waals surface area contributed by atoms with Crippen LogP contribution >= 0.6 is 0 Å². The van der Waals surface area contributed by atoms with Crippen LogP contribution in [0.1, 0.15) is 80.6 Å². The molecular formula is C29H47NaO11. The van der Waals surface area contributed by atoms with Gasteiger partial charge in [0.1, 0.15) is 5.92 Å². The minimum atomic E-state index is -2.66. The first-order valence-electron chi connectivity index (χ1n) is 13.6. The van der Waals surface area contributed by atoms with Gasteiger partial charge >= 0.3 is 59.4 Å². The zero-order chi connectivity index (χ0) is 31.3. The van der Waals surface area contributed by atoms with Crippen molar-refractivity contribution in [3.63, 3.8) is 0 Å². The van der Waals surface area contributed by atoms with Crippen LogP contribution in [0.3, 0.4) is 0 Å². The SMILES string of the molecule is CCC(C)CC(C)CC(C)CC(C)/C=C(C)/C=C(\CC(C)C(=O)OC(C(=O)O)C(C(=O)O)C(O)C(=O)O)C(=O)O.[NaH]. The molecule has 5 N–H and O–H groups in total. The number of hydrogen-bond acceptors (Lipinski definition) is 7. The van der Waals surface area contributed by atoms with Crippen LogP contribution in [0.5, 0.6) is 0 Å². The van der Waals surface area contributed by atoms with Crippen LogP contribution in [0.15, 0.2) is 23.3 Å². The second-order valence-electron chi connectivity index (χ2n) is 11.2. The number of carbonyl (C=O) groups is 5. The van der Waals surface area contributed by atoms with Crippen LogP contribution in [0, 0.1) is 35.5 Å². The van der Waals surface area contributed by atoms with Crippen LogP contribution in [0.4, 0.5) is 0 Å². The van der Waals surface area contributed by atoms with E-state index < -0.39 is 53.9 Å². The van der Waals surface area contributed by atoms with Gasteiger partial charge in [0.2, 0.25) is 6.10 Å². The molecule has 0 aliphatic carbocycles. The third-order valence-electron chi connectivity index (χ3n) is 6.92. The molecule has 0 amide bonds. The van der Waals surface area contributed by atoms with Gasteiger partial charge < -0.3 is 30.3 Å². The van der Waals surface area contributed by atoms with Gasteiger partial charge in [-0.1, -0.05) is 59.6 Å².